The number of amides is 1. The predicted molar refractivity (Wildman–Crippen MR) is 115 cm³/mol. The van der Waals surface area contributed by atoms with Crippen molar-refractivity contribution >= 4 is 33.4 Å². The summed E-state index contributed by atoms with van der Waals surface area (Å²) in [5, 5.41) is 6.81. The Hall–Kier alpha value is -1.80. The highest BCUT2D eigenvalue weighted by Crippen LogP contribution is 2.39. The maximum atomic E-state index is 12.9. The minimum Gasteiger partial charge on any atom is -0.368 e. The Balaban J connectivity index is 1.73. The summed E-state index contributed by atoms with van der Waals surface area (Å²) in [5.41, 5.74) is 2.34. The number of fused-ring (bicyclic) bond motifs is 1. The molecule has 1 fully saturated rings. The smallest absolute Gasteiger partial charge is 0.240 e. The topological polar surface area (TPSA) is 83.0 Å². The fraction of sp³-hybridized carbons (Fsp3) is 0.700. The molecule has 1 aliphatic carbocycles. The molecule has 2 unspecified atom stereocenters. The van der Waals surface area contributed by atoms with Gasteiger partial charge in [0.1, 0.15) is 16.7 Å². The van der Waals surface area contributed by atoms with E-state index in [-0.39, 0.29) is 17.4 Å². The molecule has 2 aromatic heterocycles. The molecule has 1 aliphatic rings. The number of carbonyl (C=O) groups excluding carboxylic acids is 1. The van der Waals surface area contributed by atoms with Gasteiger partial charge in [-0.05, 0) is 58.5 Å². The fourth-order valence-electron chi connectivity index (χ4n) is 3.74. The normalized spacial score (nSPS) is 22.4. The molecule has 2 N–H and O–H groups in total. The number of hydrogen-bond acceptors (Lipinski definition) is 7. The molecular weight excluding hydrogens is 372 g/mol. The van der Waals surface area contributed by atoms with Crippen LogP contribution in [-0.4, -0.2) is 58.0 Å². The maximum Gasteiger partial charge on any atom is 0.240 e. The van der Waals surface area contributed by atoms with Crippen LogP contribution in [0.15, 0.2) is 11.8 Å². The van der Waals surface area contributed by atoms with Crippen LogP contribution < -0.4 is 10.6 Å². The van der Waals surface area contributed by atoms with Gasteiger partial charge in [0.05, 0.1) is 11.0 Å². The van der Waals surface area contributed by atoms with Crippen molar-refractivity contribution in [2.75, 3.05) is 26.0 Å². The summed E-state index contributed by atoms with van der Waals surface area (Å²) in [4.78, 5) is 28.8. The van der Waals surface area contributed by atoms with Gasteiger partial charge in [-0.2, -0.15) is 0 Å². The van der Waals surface area contributed by atoms with E-state index in [1.807, 2.05) is 32.8 Å². The average Bonchev–Trinajstić information content (AvgIpc) is 3.10. The standard InChI is InChI=1S/C20H32N6OS/c1-19(2)8-7-14(25-18(27)20(3,4)26(5)6)13(9-19)10-21-16-15-17(23-11-22-16)28-12-24-15/h11-14H,7-10H2,1-6H3,(H,25,27)(H,21,22,23). The Morgan fingerprint density at radius 2 is 2.07 bits per heavy atom. The van der Waals surface area contributed by atoms with Crippen molar-refractivity contribution in [3.63, 3.8) is 0 Å². The second-order valence-electron chi connectivity index (χ2n) is 9.31. The van der Waals surface area contributed by atoms with Gasteiger partial charge in [-0.25, -0.2) is 15.0 Å². The van der Waals surface area contributed by atoms with Crippen molar-refractivity contribution in [1.82, 2.24) is 25.2 Å². The quantitative estimate of drug-likeness (QED) is 0.770. The predicted octanol–water partition coefficient (Wildman–Crippen LogP) is 3.15. The zero-order valence-electron chi connectivity index (χ0n) is 17.7. The molecule has 0 spiro atoms. The first-order valence-corrected chi connectivity index (χ1v) is 10.7. The van der Waals surface area contributed by atoms with E-state index in [9.17, 15) is 4.79 Å². The summed E-state index contributed by atoms with van der Waals surface area (Å²) in [7, 11) is 3.88. The van der Waals surface area contributed by atoms with Gasteiger partial charge >= 0.3 is 0 Å². The third-order valence-corrected chi connectivity index (χ3v) is 6.91. The lowest BCUT2D eigenvalue weighted by atomic mass is 9.69. The van der Waals surface area contributed by atoms with E-state index in [2.05, 4.69) is 39.4 Å². The number of likely N-dealkylation sites (N-methyl/N-ethyl adjacent to an activating group) is 1. The lowest BCUT2D eigenvalue weighted by Gasteiger charge is -2.43. The summed E-state index contributed by atoms with van der Waals surface area (Å²) in [5.74, 6) is 1.18. The van der Waals surface area contributed by atoms with Crippen LogP contribution in [0.4, 0.5) is 5.82 Å². The monoisotopic (exact) mass is 404 g/mol. The van der Waals surface area contributed by atoms with Crippen molar-refractivity contribution < 1.29 is 4.79 Å². The van der Waals surface area contributed by atoms with Gasteiger partial charge in [0.25, 0.3) is 0 Å². The molecule has 1 amide bonds. The molecule has 2 aromatic rings. The van der Waals surface area contributed by atoms with Crippen LogP contribution in [0.25, 0.3) is 10.3 Å². The number of thiazole rings is 1. The van der Waals surface area contributed by atoms with E-state index in [1.54, 1.807) is 11.8 Å². The molecular formula is C20H32N6OS. The second-order valence-corrected chi connectivity index (χ2v) is 10.1. The van der Waals surface area contributed by atoms with Crippen LogP contribution in [0.1, 0.15) is 47.0 Å². The van der Waals surface area contributed by atoms with E-state index < -0.39 is 5.54 Å². The minimum absolute atomic E-state index is 0.0798. The van der Waals surface area contributed by atoms with Crippen molar-refractivity contribution in [2.45, 2.75) is 58.5 Å². The van der Waals surface area contributed by atoms with E-state index in [1.165, 1.54) is 11.3 Å². The van der Waals surface area contributed by atoms with Crippen molar-refractivity contribution in [1.29, 1.82) is 0 Å². The van der Waals surface area contributed by atoms with Crippen LogP contribution in [0.2, 0.25) is 0 Å². The molecule has 7 nitrogen and oxygen atoms in total. The van der Waals surface area contributed by atoms with Gasteiger partial charge in [0, 0.05) is 12.6 Å². The van der Waals surface area contributed by atoms with Gasteiger partial charge in [-0.3, -0.25) is 9.69 Å². The van der Waals surface area contributed by atoms with Crippen LogP contribution in [0.5, 0.6) is 0 Å². The SMILES string of the molecule is CN(C)C(C)(C)C(=O)NC1CCC(C)(C)CC1CNc1ncnc2scnc12. The third kappa shape index (κ3) is 4.43. The first kappa shape index (κ1) is 20.9. The highest BCUT2D eigenvalue weighted by molar-refractivity contribution is 7.16. The molecule has 0 aliphatic heterocycles. The lowest BCUT2D eigenvalue weighted by molar-refractivity contribution is -0.131. The number of rotatable bonds is 6. The Bertz CT molecular complexity index is 831. The van der Waals surface area contributed by atoms with Crippen molar-refractivity contribution in [3.8, 4) is 0 Å². The number of anilines is 1. The zero-order chi connectivity index (χ0) is 20.5. The zero-order valence-corrected chi connectivity index (χ0v) is 18.6. The number of aromatic nitrogens is 3. The highest BCUT2D eigenvalue weighted by Gasteiger charge is 2.38. The lowest BCUT2D eigenvalue weighted by Crippen LogP contribution is -2.57. The summed E-state index contributed by atoms with van der Waals surface area (Å²) in [6, 6.07) is 0.153. The molecule has 0 saturated heterocycles. The summed E-state index contributed by atoms with van der Waals surface area (Å²) in [6.07, 6.45) is 4.73. The average molecular weight is 405 g/mol. The Morgan fingerprint density at radius 1 is 1.32 bits per heavy atom. The van der Waals surface area contributed by atoms with Crippen LogP contribution >= 0.6 is 11.3 Å². The number of carbonyl (C=O) groups is 1. The van der Waals surface area contributed by atoms with Crippen molar-refractivity contribution in [2.24, 2.45) is 11.3 Å². The molecule has 2 heterocycles. The molecule has 0 bridgehead atoms. The minimum atomic E-state index is -0.537. The summed E-state index contributed by atoms with van der Waals surface area (Å²) < 4.78 is 0. The molecule has 0 radical (unpaired) electrons. The molecule has 3 rings (SSSR count). The number of hydrogen-bond donors (Lipinski definition) is 2. The first-order valence-electron chi connectivity index (χ1n) is 9.86. The maximum absolute atomic E-state index is 12.9. The molecule has 1 saturated carbocycles. The van der Waals surface area contributed by atoms with E-state index in [4.69, 9.17) is 0 Å². The third-order valence-electron chi connectivity index (χ3n) is 6.17. The van der Waals surface area contributed by atoms with Gasteiger partial charge in [-0.1, -0.05) is 13.8 Å². The molecule has 28 heavy (non-hydrogen) atoms. The number of nitrogens with zero attached hydrogens (tertiary/aromatic N) is 4. The van der Waals surface area contributed by atoms with Crippen LogP contribution in [0, 0.1) is 11.3 Å². The molecule has 0 aromatic carbocycles. The van der Waals surface area contributed by atoms with E-state index in [0.29, 0.717) is 5.92 Å². The summed E-state index contributed by atoms with van der Waals surface area (Å²) in [6.45, 7) is 9.29. The number of nitrogens with one attached hydrogen (secondary N) is 2. The van der Waals surface area contributed by atoms with Crippen LogP contribution in [0.3, 0.4) is 0 Å². The first-order chi connectivity index (χ1) is 13.1. The fourth-order valence-corrected chi connectivity index (χ4v) is 4.37. The second kappa shape index (κ2) is 7.91. The van der Waals surface area contributed by atoms with Gasteiger partial charge in [0.2, 0.25) is 5.91 Å². The Morgan fingerprint density at radius 3 is 2.79 bits per heavy atom. The van der Waals surface area contributed by atoms with Crippen LogP contribution in [-0.2, 0) is 4.79 Å². The summed E-state index contributed by atoms with van der Waals surface area (Å²) >= 11 is 1.51. The molecule has 154 valence electrons. The van der Waals surface area contributed by atoms with Gasteiger partial charge in [0.15, 0.2) is 5.82 Å². The van der Waals surface area contributed by atoms with E-state index >= 15 is 0 Å². The van der Waals surface area contributed by atoms with Gasteiger partial charge in [-0.15, -0.1) is 11.3 Å². The highest BCUT2D eigenvalue weighted by atomic mass is 32.1. The Labute approximate surface area is 171 Å². The van der Waals surface area contributed by atoms with E-state index in [0.717, 1.165) is 42.0 Å². The molecule has 2 atom stereocenters. The van der Waals surface area contributed by atoms with Gasteiger partial charge < -0.3 is 10.6 Å². The van der Waals surface area contributed by atoms with Crippen molar-refractivity contribution in [3.05, 3.63) is 11.8 Å². The Kier molecular flexibility index (Phi) is 5.91. The molecule has 8 heteroatoms. The largest absolute Gasteiger partial charge is 0.368 e.